The van der Waals surface area contributed by atoms with Crippen LogP contribution < -0.4 is 0 Å². The zero-order valence-corrected chi connectivity index (χ0v) is 10.1. The summed E-state index contributed by atoms with van der Waals surface area (Å²) >= 11 is 3.46. The third kappa shape index (κ3) is 3.33. The van der Waals surface area contributed by atoms with Crippen molar-refractivity contribution in [3.05, 3.63) is 22.4 Å². The Kier molecular flexibility index (Phi) is 4.23. The van der Waals surface area contributed by atoms with E-state index in [1.165, 1.54) is 11.3 Å². The van der Waals surface area contributed by atoms with Crippen molar-refractivity contribution in [1.82, 2.24) is 0 Å². The number of rotatable bonds is 6. The Balaban J connectivity index is 1.59. The molecule has 0 radical (unpaired) electrons. The van der Waals surface area contributed by atoms with E-state index in [0.29, 0.717) is 11.7 Å². The van der Waals surface area contributed by atoms with Gasteiger partial charge < -0.3 is 4.74 Å². The van der Waals surface area contributed by atoms with E-state index in [1.807, 2.05) is 29.3 Å². The number of thiophene rings is 1. The van der Waals surface area contributed by atoms with Gasteiger partial charge in [0, 0.05) is 6.42 Å². The van der Waals surface area contributed by atoms with Gasteiger partial charge in [0.25, 0.3) is 0 Å². The molecule has 0 saturated carbocycles. The minimum Gasteiger partial charge on any atom is -0.379 e. The quantitative estimate of drug-likeness (QED) is 0.567. The fraction of sp³-hybridized carbons (Fsp3) is 0.545. The molecule has 0 aliphatic carbocycles. The normalized spacial score (nSPS) is 16.3. The maximum absolute atomic E-state index is 11.6. The van der Waals surface area contributed by atoms with Gasteiger partial charge in [0.05, 0.1) is 23.3 Å². The first-order valence-electron chi connectivity index (χ1n) is 5.12. The molecule has 2 heterocycles. The van der Waals surface area contributed by atoms with Crippen LogP contribution in [0, 0.1) is 0 Å². The van der Waals surface area contributed by atoms with Gasteiger partial charge in [-0.3, -0.25) is 4.79 Å². The summed E-state index contributed by atoms with van der Waals surface area (Å²) in [4.78, 5) is 12.5. The molecule has 0 bridgehead atoms. The van der Waals surface area contributed by atoms with E-state index in [0.717, 1.165) is 30.3 Å². The number of thioether (sulfide) groups is 1. The smallest absolute Gasteiger partial charge is 0.172 e. The van der Waals surface area contributed by atoms with Gasteiger partial charge >= 0.3 is 0 Å². The van der Waals surface area contributed by atoms with Crippen LogP contribution in [0.5, 0.6) is 0 Å². The van der Waals surface area contributed by atoms with Crippen LogP contribution in [-0.4, -0.2) is 30.0 Å². The largest absolute Gasteiger partial charge is 0.379 e. The SMILES string of the molecule is O=C(CCCSC1COC1)c1cccs1. The molecule has 1 aliphatic heterocycles. The van der Waals surface area contributed by atoms with E-state index in [2.05, 4.69) is 0 Å². The van der Waals surface area contributed by atoms with Crippen LogP contribution in [0.15, 0.2) is 17.5 Å². The molecule has 1 saturated heterocycles. The lowest BCUT2D eigenvalue weighted by Crippen LogP contribution is -2.30. The standard InChI is InChI=1S/C11H14O2S2/c12-10(11-4-2-6-15-11)3-1-5-14-9-7-13-8-9/h2,4,6,9H,1,3,5,7-8H2. The monoisotopic (exact) mass is 242 g/mol. The molecule has 1 aromatic rings. The molecule has 0 aromatic carbocycles. The van der Waals surface area contributed by atoms with Gasteiger partial charge in [-0.1, -0.05) is 6.07 Å². The number of ether oxygens (including phenoxy) is 1. The third-order valence-corrected chi connectivity index (χ3v) is 4.48. The topological polar surface area (TPSA) is 26.3 Å². The van der Waals surface area contributed by atoms with Crippen molar-refractivity contribution >= 4 is 28.9 Å². The Morgan fingerprint density at radius 1 is 1.60 bits per heavy atom. The van der Waals surface area contributed by atoms with Gasteiger partial charge in [-0.2, -0.15) is 11.8 Å². The summed E-state index contributed by atoms with van der Waals surface area (Å²) in [5, 5.41) is 2.63. The number of hydrogen-bond acceptors (Lipinski definition) is 4. The van der Waals surface area contributed by atoms with Crippen LogP contribution in [0.3, 0.4) is 0 Å². The highest BCUT2D eigenvalue weighted by atomic mass is 32.2. The first kappa shape index (κ1) is 11.2. The predicted octanol–water partition coefficient (Wildman–Crippen LogP) is 2.84. The Labute approximate surface area is 98.0 Å². The number of Topliss-reactive ketones (excluding diaryl/α,β-unsaturated/α-hetero) is 1. The van der Waals surface area contributed by atoms with Gasteiger partial charge in [-0.05, 0) is 23.6 Å². The Morgan fingerprint density at radius 3 is 3.07 bits per heavy atom. The summed E-state index contributed by atoms with van der Waals surface area (Å²) in [6, 6.07) is 3.83. The second kappa shape index (κ2) is 5.68. The summed E-state index contributed by atoms with van der Waals surface area (Å²) in [6.45, 7) is 1.78. The van der Waals surface area contributed by atoms with Crippen molar-refractivity contribution in [2.75, 3.05) is 19.0 Å². The second-order valence-corrected chi connectivity index (χ2v) is 5.89. The average Bonchev–Trinajstić information content (AvgIpc) is 2.67. The van der Waals surface area contributed by atoms with Crippen LogP contribution >= 0.6 is 23.1 Å². The molecule has 15 heavy (non-hydrogen) atoms. The van der Waals surface area contributed by atoms with Crippen molar-refractivity contribution in [2.24, 2.45) is 0 Å². The van der Waals surface area contributed by atoms with Gasteiger partial charge in [-0.15, -0.1) is 11.3 Å². The molecule has 1 fully saturated rings. The number of ketones is 1. The zero-order valence-electron chi connectivity index (χ0n) is 8.48. The molecule has 0 N–H and O–H groups in total. The summed E-state index contributed by atoms with van der Waals surface area (Å²) in [5.41, 5.74) is 0. The average molecular weight is 242 g/mol. The zero-order chi connectivity index (χ0) is 10.5. The molecule has 82 valence electrons. The van der Waals surface area contributed by atoms with Crippen molar-refractivity contribution in [2.45, 2.75) is 18.1 Å². The predicted molar refractivity (Wildman–Crippen MR) is 64.9 cm³/mol. The van der Waals surface area contributed by atoms with E-state index in [-0.39, 0.29) is 5.78 Å². The first-order valence-corrected chi connectivity index (χ1v) is 7.05. The molecule has 2 nitrogen and oxygen atoms in total. The van der Waals surface area contributed by atoms with Crippen molar-refractivity contribution in [1.29, 1.82) is 0 Å². The van der Waals surface area contributed by atoms with Gasteiger partial charge in [-0.25, -0.2) is 0 Å². The lowest BCUT2D eigenvalue weighted by Gasteiger charge is -2.25. The van der Waals surface area contributed by atoms with Crippen LogP contribution in [-0.2, 0) is 4.74 Å². The van der Waals surface area contributed by atoms with Crippen LogP contribution in [0.2, 0.25) is 0 Å². The summed E-state index contributed by atoms with van der Waals surface area (Å²) in [5.74, 6) is 1.36. The minimum atomic E-state index is 0.287. The lowest BCUT2D eigenvalue weighted by molar-refractivity contribution is 0.0455. The van der Waals surface area contributed by atoms with Crippen molar-refractivity contribution in [3.63, 3.8) is 0 Å². The van der Waals surface area contributed by atoms with Gasteiger partial charge in [0.1, 0.15) is 0 Å². The molecular formula is C11H14O2S2. The molecule has 0 atom stereocenters. The number of hydrogen-bond donors (Lipinski definition) is 0. The summed E-state index contributed by atoms with van der Waals surface area (Å²) in [6.07, 6.45) is 1.67. The summed E-state index contributed by atoms with van der Waals surface area (Å²) in [7, 11) is 0. The molecule has 4 heteroatoms. The van der Waals surface area contributed by atoms with Gasteiger partial charge in [0.2, 0.25) is 0 Å². The van der Waals surface area contributed by atoms with E-state index in [4.69, 9.17) is 4.74 Å². The van der Waals surface area contributed by atoms with E-state index in [1.54, 1.807) is 0 Å². The molecule has 0 amide bonds. The summed E-state index contributed by atoms with van der Waals surface area (Å²) < 4.78 is 5.09. The highest BCUT2D eigenvalue weighted by Crippen LogP contribution is 2.21. The molecule has 0 spiro atoms. The van der Waals surface area contributed by atoms with Crippen LogP contribution in [0.1, 0.15) is 22.5 Å². The van der Waals surface area contributed by atoms with E-state index >= 15 is 0 Å². The second-order valence-electron chi connectivity index (χ2n) is 3.53. The molecule has 0 unspecified atom stereocenters. The maximum Gasteiger partial charge on any atom is 0.172 e. The highest BCUT2D eigenvalue weighted by Gasteiger charge is 2.18. The van der Waals surface area contributed by atoms with E-state index < -0.39 is 0 Å². The molecule has 1 aromatic heterocycles. The Morgan fingerprint density at radius 2 is 2.47 bits per heavy atom. The molecule has 2 rings (SSSR count). The number of carbonyl (C=O) groups is 1. The third-order valence-electron chi connectivity index (χ3n) is 2.31. The van der Waals surface area contributed by atoms with Crippen LogP contribution in [0.4, 0.5) is 0 Å². The van der Waals surface area contributed by atoms with Crippen LogP contribution in [0.25, 0.3) is 0 Å². The van der Waals surface area contributed by atoms with Crippen molar-refractivity contribution in [3.8, 4) is 0 Å². The van der Waals surface area contributed by atoms with E-state index in [9.17, 15) is 4.79 Å². The fourth-order valence-corrected chi connectivity index (χ4v) is 3.08. The lowest BCUT2D eigenvalue weighted by atomic mass is 10.2. The Hall–Kier alpha value is -0.320. The number of carbonyl (C=O) groups excluding carboxylic acids is 1. The van der Waals surface area contributed by atoms with Gasteiger partial charge in [0.15, 0.2) is 5.78 Å². The molecule has 1 aliphatic rings. The fourth-order valence-electron chi connectivity index (χ4n) is 1.35. The maximum atomic E-state index is 11.6. The molecular weight excluding hydrogens is 228 g/mol. The Bertz CT molecular complexity index is 304. The highest BCUT2D eigenvalue weighted by molar-refractivity contribution is 8.00. The van der Waals surface area contributed by atoms with Crippen molar-refractivity contribution < 1.29 is 9.53 Å². The minimum absolute atomic E-state index is 0.287. The first-order chi connectivity index (χ1) is 7.36.